The molecule has 0 aromatic heterocycles. The van der Waals surface area contributed by atoms with Crippen LogP contribution < -0.4 is 5.32 Å². The summed E-state index contributed by atoms with van der Waals surface area (Å²) in [5.74, 6) is -1.39. The van der Waals surface area contributed by atoms with Gasteiger partial charge in [-0.05, 0) is 17.7 Å². The molecule has 0 unspecified atom stereocenters. The standard InChI is InChI=1S/C16H15N3O6S/c1-2-5-18-15(22)11(14(21)17-16(18)23)8-10-3-4-13(26-7-6-20)12(9-10)19(24)25/h2-4,8-9,20H,1,5-7H2,(H,17,21,23)/b11-8+. The molecule has 1 aromatic rings. The molecule has 0 aliphatic carbocycles. The Bertz CT molecular complexity index is 820. The summed E-state index contributed by atoms with van der Waals surface area (Å²) in [7, 11) is 0. The predicted octanol–water partition coefficient (Wildman–Crippen LogP) is 1.33. The number of rotatable bonds is 7. The summed E-state index contributed by atoms with van der Waals surface area (Å²) in [5, 5.41) is 22.1. The van der Waals surface area contributed by atoms with Gasteiger partial charge in [-0.15, -0.1) is 18.3 Å². The molecule has 1 aliphatic heterocycles. The zero-order valence-electron chi connectivity index (χ0n) is 13.5. The summed E-state index contributed by atoms with van der Waals surface area (Å²) in [6.45, 7) is 3.24. The average Bonchev–Trinajstić information content (AvgIpc) is 2.60. The minimum absolute atomic E-state index is 0.0772. The molecule has 1 fully saturated rings. The second-order valence-corrected chi connectivity index (χ2v) is 6.21. The highest BCUT2D eigenvalue weighted by molar-refractivity contribution is 7.99. The van der Waals surface area contributed by atoms with E-state index in [1.54, 1.807) is 0 Å². The molecule has 2 N–H and O–H groups in total. The molecule has 0 bridgehead atoms. The Balaban J connectivity index is 2.40. The number of hydrogen-bond acceptors (Lipinski definition) is 7. The van der Waals surface area contributed by atoms with Gasteiger partial charge in [-0.2, -0.15) is 0 Å². The topological polar surface area (TPSA) is 130 Å². The normalized spacial score (nSPS) is 16.0. The number of benzene rings is 1. The summed E-state index contributed by atoms with van der Waals surface area (Å²) < 4.78 is 0. The van der Waals surface area contributed by atoms with Crippen molar-refractivity contribution in [1.29, 1.82) is 0 Å². The molecule has 9 nitrogen and oxygen atoms in total. The highest BCUT2D eigenvalue weighted by atomic mass is 32.2. The maximum atomic E-state index is 12.3. The van der Waals surface area contributed by atoms with E-state index in [0.717, 1.165) is 16.7 Å². The SMILES string of the molecule is C=CCN1C(=O)NC(=O)/C(=C\c2ccc(SCCO)c([N+](=O)[O-])c2)C1=O. The van der Waals surface area contributed by atoms with Gasteiger partial charge >= 0.3 is 6.03 Å². The number of nitro benzene ring substituents is 1. The highest BCUT2D eigenvalue weighted by Crippen LogP contribution is 2.30. The van der Waals surface area contributed by atoms with Gasteiger partial charge in [0.25, 0.3) is 17.5 Å². The fraction of sp³-hybridized carbons (Fsp3) is 0.188. The number of aliphatic hydroxyl groups is 1. The van der Waals surface area contributed by atoms with Crippen molar-refractivity contribution in [1.82, 2.24) is 10.2 Å². The van der Waals surface area contributed by atoms with Crippen LogP contribution in [0.1, 0.15) is 5.56 Å². The monoisotopic (exact) mass is 377 g/mol. The van der Waals surface area contributed by atoms with E-state index in [4.69, 9.17) is 5.11 Å². The molecule has 136 valence electrons. The molecule has 26 heavy (non-hydrogen) atoms. The number of carbonyl (C=O) groups is 3. The fourth-order valence-electron chi connectivity index (χ4n) is 2.20. The summed E-state index contributed by atoms with van der Waals surface area (Å²) in [5.41, 5.74) is -0.256. The number of nitro groups is 1. The first kappa shape index (κ1) is 19.3. The Morgan fingerprint density at radius 2 is 2.08 bits per heavy atom. The molecule has 0 atom stereocenters. The van der Waals surface area contributed by atoms with E-state index in [1.165, 1.54) is 30.4 Å². The van der Waals surface area contributed by atoms with Crippen LogP contribution in [0.3, 0.4) is 0 Å². The van der Waals surface area contributed by atoms with Crippen LogP contribution in [-0.4, -0.2) is 51.7 Å². The molecule has 10 heteroatoms. The van der Waals surface area contributed by atoms with Crippen LogP contribution in [0.5, 0.6) is 0 Å². The van der Waals surface area contributed by atoms with Crippen molar-refractivity contribution in [3.63, 3.8) is 0 Å². The van der Waals surface area contributed by atoms with Gasteiger partial charge < -0.3 is 5.11 Å². The zero-order chi connectivity index (χ0) is 19.3. The molecule has 2 rings (SSSR count). The van der Waals surface area contributed by atoms with Crippen LogP contribution in [0.25, 0.3) is 6.08 Å². The van der Waals surface area contributed by atoms with Crippen molar-refractivity contribution in [3.8, 4) is 0 Å². The molecule has 0 spiro atoms. The van der Waals surface area contributed by atoms with Crippen LogP contribution in [0.15, 0.2) is 41.3 Å². The Labute approximate surface area is 152 Å². The van der Waals surface area contributed by atoms with Gasteiger partial charge in [0.2, 0.25) is 0 Å². The van der Waals surface area contributed by atoms with Crippen LogP contribution >= 0.6 is 11.8 Å². The third kappa shape index (κ3) is 4.16. The van der Waals surface area contributed by atoms with Crippen molar-refractivity contribution in [2.75, 3.05) is 18.9 Å². The lowest BCUT2D eigenvalue weighted by Crippen LogP contribution is -2.54. The summed E-state index contributed by atoms with van der Waals surface area (Å²) in [4.78, 5) is 47.8. The number of imide groups is 2. The second-order valence-electron chi connectivity index (χ2n) is 5.08. The largest absolute Gasteiger partial charge is 0.396 e. The van der Waals surface area contributed by atoms with Gasteiger partial charge in [0.15, 0.2) is 0 Å². The first-order chi connectivity index (χ1) is 12.4. The number of barbiturate groups is 1. The van der Waals surface area contributed by atoms with E-state index < -0.39 is 22.8 Å². The minimum Gasteiger partial charge on any atom is -0.396 e. The highest BCUT2D eigenvalue weighted by Gasteiger charge is 2.35. The number of aliphatic hydroxyl groups excluding tert-OH is 1. The van der Waals surface area contributed by atoms with Gasteiger partial charge in [0.05, 0.1) is 16.4 Å². The first-order valence-electron chi connectivity index (χ1n) is 7.41. The van der Waals surface area contributed by atoms with Crippen LogP contribution in [0.4, 0.5) is 10.5 Å². The van der Waals surface area contributed by atoms with Crippen LogP contribution in [-0.2, 0) is 9.59 Å². The van der Waals surface area contributed by atoms with Crippen molar-refractivity contribution in [2.45, 2.75) is 4.90 Å². The summed E-state index contributed by atoms with van der Waals surface area (Å²) >= 11 is 1.12. The number of thioether (sulfide) groups is 1. The predicted molar refractivity (Wildman–Crippen MR) is 94.3 cm³/mol. The fourth-order valence-corrected chi connectivity index (χ4v) is 2.96. The number of carbonyl (C=O) groups excluding carboxylic acids is 3. The number of urea groups is 1. The van der Waals surface area contributed by atoms with Crippen molar-refractivity contribution in [3.05, 3.63) is 52.1 Å². The smallest absolute Gasteiger partial charge is 0.331 e. The third-order valence-electron chi connectivity index (χ3n) is 3.34. The van der Waals surface area contributed by atoms with Crippen LogP contribution in [0.2, 0.25) is 0 Å². The van der Waals surface area contributed by atoms with Crippen molar-refractivity contribution >= 4 is 41.4 Å². The number of nitrogens with zero attached hydrogens (tertiary/aromatic N) is 2. The van der Waals surface area contributed by atoms with Gasteiger partial charge in [-0.25, -0.2) is 4.79 Å². The van der Waals surface area contributed by atoms with E-state index >= 15 is 0 Å². The van der Waals surface area contributed by atoms with E-state index in [2.05, 4.69) is 6.58 Å². The molecule has 1 saturated heterocycles. The molecular formula is C16H15N3O6S. The maximum absolute atomic E-state index is 12.3. The van der Waals surface area contributed by atoms with Crippen molar-refractivity contribution in [2.24, 2.45) is 0 Å². The van der Waals surface area contributed by atoms with E-state index in [9.17, 15) is 24.5 Å². The Morgan fingerprint density at radius 3 is 2.69 bits per heavy atom. The molecule has 1 aromatic carbocycles. The average molecular weight is 377 g/mol. The molecule has 0 saturated carbocycles. The Kier molecular flexibility index (Phi) is 6.26. The Morgan fingerprint density at radius 1 is 1.35 bits per heavy atom. The zero-order valence-corrected chi connectivity index (χ0v) is 14.3. The number of amides is 4. The lowest BCUT2D eigenvalue weighted by molar-refractivity contribution is -0.387. The number of nitrogens with one attached hydrogen (secondary N) is 1. The van der Waals surface area contributed by atoms with Gasteiger partial charge in [0.1, 0.15) is 5.57 Å². The molecule has 1 aliphatic rings. The lowest BCUT2D eigenvalue weighted by atomic mass is 10.1. The Hall–Kier alpha value is -2.98. The molecule has 1 heterocycles. The van der Waals surface area contributed by atoms with Gasteiger partial charge in [0, 0.05) is 18.4 Å². The molecule has 4 amide bonds. The lowest BCUT2D eigenvalue weighted by Gasteiger charge is -2.25. The third-order valence-corrected chi connectivity index (χ3v) is 4.38. The van der Waals surface area contributed by atoms with Gasteiger partial charge in [-0.1, -0.05) is 12.1 Å². The number of hydrogen-bond donors (Lipinski definition) is 2. The van der Waals surface area contributed by atoms with E-state index in [0.29, 0.717) is 10.6 Å². The second kappa shape index (κ2) is 8.41. The maximum Gasteiger partial charge on any atom is 0.331 e. The molecule has 0 radical (unpaired) electrons. The minimum atomic E-state index is -0.873. The van der Waals surface area contributed by atoms with Crippen LogP contribution in [0, 0.1) is 10.1 Å². The quantitative estimate of drug-likeness (QED) is 0.183. The van der Waals surface area contributed by atoms with Crippen molar-refractivity contribution < 1.29 is 24.4 Å². The van der Waals surface area contributed by atoms with E-state index in [1.807, 2.05) is 5.32 Å². The molecular weight excluding hydrogens is 362 g/mol. The first-order valence-corrected chi connectivity index (χ1v) is 8.39. The summed E-state index contributed by atoms with van der Waals surface area (Å²) in [6, 6.07) is 3.36. The van der Waals surface area contributed by atoms with Gasteiger partial charge in [-0.3, -0.25) is 29.9 Å². The van der Waals surface area contributed by atoms with E-state index in [-0.39, 0.29) is 30.0 Å². The summed E-state index contributed by atoms with van der Waals surface area (Å²) in [6.07, 6.45) is 2.52.